The van der Waals surface area contributed by atoms with E-state index in [-0.39, 0.29) is 17.1 Å². The molecule has 2 aromatic rings. The van der Waals surface area contributed by atoms with Crippen LogP contribution in [0.5, 0.6) is 5.75 Å². The zero-order valence-corrected chi connectivity index (χ0v) is 12.3. The van der Waals surface area contributed by atoms with Crippen LogP contribution in [0.1, 0.15) is 0 Å². The molecule has 1 aromatic heterocycles. The fraction of sp³-hybridized carbons (Fsp3) is 0.214. The van der Waals surface area contributed by atoms with E-state index in [9.17, 15) is 13.2 Å². The molecule has 1 aromatic carbocycles. The van der Waals surface area contributed by atoms with Crippen LogP contribution in [-0.4, -0.2) is 25.8 Å². The van der Waals surface area contributed by atoms with E-state index in [1.807, 2.05) is 0 Å². The molecule has 6 nitrogen and oxygen atoms in total. The second kappa shape index (κ2) is 6.01. The Bertz CT molecular complexity index is 797. The van der Waals surface area contributed by atoms with Crippen molar-refractivity contribution >= 4 is 15.5 Å². The summed E-state index contributed by atoms with van der Waals surface area (Å²) in [6, 6.07) is 9.16. The van der Waals surface area contributed by atoms with Gasteiger partial charge in [0, 0.05) is 24.2 Å². The van der Waals surface area contributed by atoms with E-state index in [1.54, 1.807) is 18.3 Å². The lowest BCUT2D eigenvalue weighted by atomic mass is 10.3. The molecule has 0 amide bonds. The van der Waals surface area contributed by atoms with Gasteiger partial charge in [-0.15, -0.1) is 0 Å². The van der Waals surface area contributed by atoms with E-state index < -0.39 is 9.84 Å². The largest absolute Gasteiger partial charge is 0.492 e. The van der Waals surface area contributed by atoms with Crippen LogP contribution in [0.15, 0.2) is 52.3 Å². The number of pyridine rings is 1. The van der Waals surface area contributed by atoms with Gasteiger partial charge in [-0.2, -0.15) is 0 Å². The average molecular weight is 308 g/mol. The van der Waals surface area contributed by atoms with Crippen LogP contribution in [0.2, 0.25) is 0 Å². The molecular weight excluding hydrogens is 292 g/mol. The van der Waals surface area contributed by atoms with Gasteiger partial charge in [-0.3, -0.25) is 4.79 Å². The summed E-state index contributed by atoms with van der Waals surface area (Å²) in [5.41, 5.74) is 5.94. The normalized spacial score (nSPS) is 11.3. The number of nitrogens with zero attached hydrogens (tertiary/aromatic N) is 1. The van der Waals surface area contributed by atoms with Gasteiger partial charge in [0.25, 0.3) is 5.56 Å². The van der Waals surface area contributed by atoms with Crippen LogP contribution < -0.4 is 16.0 Å². The maximum atomic E-state index is 11.6. The third-order valence-electron chi connectivity index (χ3n) is 2.84. The Hall–Kier alpha value is -2.28. The molecule has 1 heterocycles. The molecule has 0 saturated heterocycles. The third-order valence-corrected chi connectivity index (χ3v) is 3.95. The molecule has 2 rings (SSSR count). The van der Waals surface area contributed by atoms with Gasteiger partial charge in [0.15, 0.2) is 9.84 Å². The first-order valence-corrected chi connectivity index (χ1v) is 8.14. The molecule has 0 spiro atoms. The van der Waals surface area contributed by atoms with E-state index in [0.29, 0.717) is 18.0 Å². The molecule has 0 saturated carbocycles. The monoisotopic (exact) mass is 308 g/mol. The minimum absolute atomic E-state index is 0.169. The summed E-state index contributed by atoms with van der Waals surface area (Å²) in [5.74, 6) is 0.440. The van der Waals surface area contributed by atoms with E-state index in [4.69, 9.17) is 10.5 Å². The van der Waals surface area contributed by atoms with Gasteiger partial charge in [0.2, 0.25) is 0 Å². The highest BCUT2D eigenvalue weighted by atomic mass is 32.2. The van der Waals surface area contributed by atoms with Crippen molar-refractivity contribution in [2.45, 2.75) is 11.4 Å². The van der Waals surface area contributed by atoms with Gasteiger partial charge >= 0.3 is 0 Å². The average Bonchev–Trinajstić information content (AvgIpc) is 2.42. The Morgan fingerprint density at radius 1 is 1.24 bits per heavy atom. The second-order valence-corrected chi connectivity index (χ2v) is 6.61. The topological polar surface area (TPSA) is 91.4 Å². The lowest BCUT2D eigenvalue weighted by Crippen LogP contribution is -2.22. The number of hydrogen-bond donors (Lipinski definition) is 1. The predicted molar refractivity (Wildman–Crippen MR) is 80.2 cm³/mol. The summed E-state index contributed by atoms with van der Waals surface area (Å²) in [6.45, 7) is 0.559. The molecule has 0 aliphatic rings. The highest BCUT2D eigenvalue weighted by Crippen LogP contribution is 2.17. The van der Waals surface area contributed by atoms with Crippen molar-refractivity contribution in [3.63, 3.8) is 0 Å². The third kappa shape index (κ3) is 4.09. The van der Waals surface area contributed by atoms with Crippen molar-refractivity contribution in [1.82, 2.24) is 4.57 Å². The Morgan fingerprint density at radius 2 is 2.00 bits per heavy atom. The number of ether oxygens (including phenoxy) is 1. The lowest BCUT2D eigenvalue weighted by Gasteiger charge is -2.09. The number of hydrogen-bond acceptors (Lipinski definition) is 5. The highest BCUT2D eigenvalue weighted by Gasteiger charge is 2.07. The molecule has 0 bridgehead atoms. The van der Waals surface area contributed by atoms with Gasteiger partial charge in [-0.05, 0) is 24.3 Å². The summed E-state index contributed by atoms with van der Waals surface area (Å²) in [5, 5.41) is 0. The number of rotatable bonds is 5. The van der Waals surface area contributed by atoms with Crippen LogP contribution in [0.3, 0.4) is 0 Å². The molecule has 0 radical (unpaired) electrons. The summed E-state index contributed by atoms with van der Waals surface area (Å²) in [7, 11) is -3.27. The van der Waals surface area contributed by atoms with Gasteiger partial charge in [0.1, 0.15) is 12.4 Å². The number of nitrogens with two attached hydrogens (primary N) is 1. The smallest absolute Gasteiger partial charge is 0.250 e. The van der Waals surface area contributed by atoms with E-state index >= 15 is 0 Å². The van der Waals surface area contributed by atoms with Gasteiger partial charge in [-0.1, -0.05) is 6.07 Å². The fourth-order valence-electron chi connectivity index (χ4n) is 1.78. The zero-order valence-electron chi connectivity index (χ0n) is 11.5. The van der Waals surface area contributed by atoms with Crippen molar-refractivity contribution in [2.75, 3.05) is 18.6 Å². The number of nitrogen functional groups attached to an aromatic ring is 1. The molecule has 0 aliphatic heterocycles. The molecular formula is C14H16N2O4S. The SMILES string of the molecule is CS(=O)(=O)c1cccc(OCCn2cc(N)ccc2=O)c1. The molecule has 2 N–H and O–H groups in total. The van der Waals surface area contributed by atoms with Gasteiger partial charge in [-0.25, -0.2) is 8.42 Å². The first-order chi connectivity index (χ1) is 9.86. The van der Waals surface area contributed by atoms with E-state index in [0.717, 1.165) is 6.26 Å². The number of aromatic nitrogens is 1. The summed E-state index contributed by atoms with van der Waals surface area (Å²) >= 11 is 0. The lowest BCUT2D eigenvalue weighted by molar-refractivity contribution is 0.296. The maximum Gasteiger partial charge on any atom is 0.250 e. The van der Waals surface area contributed by atoms with Crippen LogP contribution in [0, 0.1) is 0 Å². The van der Waals surface area contributed by atoms with Crippen LogP contribution in [0.4, 0.5) is 5.69 Å². The Balaban J connectivity index is 2.04. The highest BCUT2D eigenvalue weighted by molar-refractivity contribution is 7.90. The molecule has 21 heavy (non-hydrogen) atoms. The second-order valence-electron chi connectivity index (χ2n) is 4.59. The Kier molecular flexibility index (Phi) is 4.32. The van der Waals surface area contributed by atoms with Crippen molar-refractivity contribution in [2.24, 2.45) is 0 Å². The zero-order chi connectivity index (χ0) is 15.5. The Morgan fingerprint density at radius 3 is 2.71 bits per heavy atom. The van der Waals surface area contributed by atoms with Crippen molar-refractivity contribution < 1.29 is 13.2 Å². The molecule has 7 heteroatoms. The molecule has 0 fully saturated rings. The van der Waals surface area contributed by atoms with Gasteiger partial charge in [0.05, 0.1) is 11.4 Å². The molecule has 112 valence electrons. The van der Waals surface area contributed by atoms with Crippen molar-refractivity contribution in [3.8, 4) is 5.75 Å². The molecule has 0 unspecified atom stereocenters. The first kappa shape index (κ1) is 15.1. The minimum atomic E-state index is -3.27. The first-order valence-electron chi connectivity index (χ1n) is 6.25. The summed E-state index contributed by atoms with van der Waals surface area (Å²) in [4.78, 5) is 11.8. The number of sulfone groups is 1. The quantitative estimate of drug-likeness (QED) is 0.886. The predicted octanol–water partition coefficient (Wildman–Crippen LogP) is 0.913. The van der Waals surface area contributed by atoms with Crippen LogP contribution in [0.25, 0.3) is 0 Å². The van der Waals surface area contributed by atoms with Crippen LogP contribution in [-0.2, 0) is 16.4 Å². The van der Waals surface area contributed by atoms with E-state index in [1.165, 1.54) is 28.8 Å². The summed E-state index contributed by atoms with van der Waals surface area (Å²) in [6.07, 6.45) is 2.68. The molecule has 0 aliphatic carbocycles. The van der Waals surface area contributed by atoms with Crippen molar-refractivity contribution in [3.05, 3.63) is 52.9 Å². The van der Waals surface area contributed by atoms with Gasteiger partial charge < -0.3 is 15.0 Å². The van der Waals surface area contributed by atoms with Crippen LogP contribution >= 0.6 is 0 Å². The minimum Gasteiger partial charge on any atom is -0.492 e. The summed E-state index contributed by atoms with van der Waals surface area (Å²) < 4.78 is 29.8. The van der Waals surface area contributed by atoms with E-state index in [2.05, 4.69) is 0 Å². The number of anilines is 1. The fourth-order valence-corrected chi connectivity index (χ4v) is 2.44. The van der Waals surface area contributed by atoms with Crippen molar-refractivity contribution in [1.29, 1.82) is 0 Å². The maximum absolute atomic E-state index is 11.6. The molecule has 0 atom stereocenters. The number of benzene rings is 1. The Labute approximate surface area is 122 Å². The standard InChI is InChI=1S/C14H16N2O4S/c1-21(18,19)13-4-2-3-12(9-13)20-8-7-16-10-11(15)5-6-14(16)17/h2-6,9-10H,7-8,15H2,1H3.